The minimum Gasteiger partial charge on any atom is -0.494 e. The zero-order valence-corrected chi connectivity index (χ0v) is 11.1. The number of likely N-dealkylation sites (N-methyl/N-ethyl adjacent to an activating group) is 1. The molecule has 1 atom stereocenters. The van der Waals surface area contributed by atoms with Crippen LogP contribution < -0.4 is 10.1 Å². The molecule has 17 heavy (non-hydrogen) atoms. The van der Waals surface area contributed by atoms with Gasteiger partial charge in [0, 0.05) is 6.04 Å². The van der Waals surface area contributed by atoms with Crippen LogP contribution in [-0.4, -0.2) is 19.7 Å². The highest BCUT2D eigenvalue weighted by atomic mass is 19.1. The summed E-state index contributed by atoms with van der Waals surface area (Å²) in [6.45, 7) is 7.37. The predicted molar refractivity (Wildman–Crippen MR) is 69.0 cm³/mol. The van der Waals surface area contributed by atoms with Crippen LogP contribution in [0.25, 0.3) is 0 Å². The van der Waals surface area contributed by atoms with Crippen molar-refractivity contribution in [2.24, 2.45) is 5.92 Å². The van der Waals surface area contributed by atoms with Crippen molar-refractivity contribution >= 4 is 0 Å². The third-order valence-electron chi connectivity index (χ3n) is 2.94. The van der Waals surface area contributed by atoms with Gasteiger partial charge in [-0.15, -0.1) is 0 Å². The van der Waals surface area contributed by atoms with E-state index in [-0.39, 0.29) is 5.82 Å². The first kappa shape index (κ1) is 14.0. The van der Waals surface area contributed by atoms with Gasteiger partial charge in [-0.05, 0) is 36.6 Å². The molecule has 0 bridgehead atoms. The molecule has 2 nitrogen and oxygen atoms in total. The first-order valence-electron chi connectivity index (χ1n) is 6.14. The van der Waals surface area contributed by atoms with Crippen molar-refractivity contribution in [3.05, 3.63) is 29.6 Å². The van der Waals surface area contributed by atoms with E-state index in [0.29, 0.717) is 17.7 Å². The van der Waals surface area contributed by atoms with E-state index in [1.54, 1.807) is 12.1 Å². The Morgan fingerprint density at radius 2 is 2.06 bits per heavy atom. The van der Waals surface area contributed by atoms with Gasteiger partial charge in [-0.3, -0.25) is 0 Å². The molecule has 0 aliphatic heterocycles. The van der Waals surface area contributed by atoms with Crippen LogP contribution in [0.1, 0.15) is 26.3 Å². The molecule has 3 heteroatoms. The Bertz CT molecular complexity index is 352. The Hall–Kier alpha value is -1.09. The Morgan fingerprint density at radius 1 is 1.35 bits per heavy atom. The van der Waals surface area contributed by atoms with Crippen molar-refractivity contribution in [3.8, 4) is 5.75 Å². The first-order valence-corrected chi connectivity index (χ1v) is 6.14. The third-order valence-corrected chi connectivity index (χ3v) is 2.94. The van der Waals surface area contributed by atoms with Crippen molar-refractivity contribution in [2.45, 2.75) is 33.2 Å². The highest BCUT2D eigenvalue weighted by molar-refractivity contribution is 5.29. The van der Waals surface area contributed by atoms with Gasteiger partial charge < -0.3 is 10.1 Å². The molecule has 1 unspecified atom stereocenters. The highest BCUT2D eigenvalue weighted by Crippen LogP contribution is 2.19. The summed E-state index contributed by atoms with van der Waals surface area (Å²) in [4.78, 5) is 0. The zero-order valence-electron chi connectivity index (χ0n) is 11.1. The lowest BCUT2D eigenvalue weighted by atomic mass is 9.96. The van der Waals surface area contributed by atoms with Crippen molar-refractivity contribution in [2.75, 3.05) is 13.7 Å². The summed E-state index contributed by atoms with van der Waals surface area (Å²) in [5.74, 6) is 0.544. The fourth-order valence-electron chi connectivity index (χ4n) is 1.90. The van der Waals surface area contributed by atoms with E-state index in [1.165, 1.54) is 7.11 Å². The zero-order chi connectivity index (χ0) is 12.8. The lowest BCUT2D eigenvalue weighted by molar-refractivity contribution is 0.383. The molecular formula is C14H22FNO. The summed E-state index contributed by atoms with van der Waals surface area (Å²) >= 11 is 0. The van der Waals surface area contributed by atoms with Gasteiger partial charge in [0.1, 0.15) is 0 Å². The van der Waals surface area contributed by atoms with Crippen molar-refractivity contribution < 1.29 is 9.13 Å². The highest BCUT2D eigenvalue weighted by Gasteiger charge is 2.13. The van der Waals surface area contributed by atoms with Gasteiger partial charge in [-0.1, -0.05) is 26.8 Å². The van der Waals surface area contributed by atoms with E-state index in [1.807, 2.05) is 6.07 Å². The SMILES string of the molecule is CCNC(Cc1ccc(OC)c(F)c1)C(C)C. The molecule has 0 fully saturated rings. The van der Waals surface area contributed by atoms with E-state index < -0.39 is 0 Å². The lowest BCUT2D eigenvalue weighted by Crippen LogP contribution is -2.35. The maximum Gasteiger partial charge on any atom is 0.165 e. The lowest BCUT2D eigenvalue weighted by Gasteiger charge is -2.22. The van der Waals surface area contributed by atoms with Crippen LogP contribution in [0.2, 0.25) is 0 Å². The summed E-state index contributed by atoms with van der Waals surface area (Å²) in [5.41, 5.74) is 1.00. The Labute approximate surface area is 103 Å². The van der Waals surface area contributed by atoms with Crippen molar-refractivity contribution in [1.82, 2.24) is 5.32 Å². The van der Waals surface area contributed by atoms with Gasteiger partial charge in [-0.2, -0.15) is 0 Å². The van der Waals surface area contributed by atoms with E-state index in [4.69, 9.17) is 4.74 Å². The van der Waals surface area contributed by atoms with Crippen LogP contribution in [0, 0.1) is 11.7 Å². The van der Waals surface area contributed by atoms with Crippen molar-refractivity contribution in [1.29, 1.82) is 0 Å². The summed E-state index contributed by atoms with van der Waals surface area (Å²) in [5, 5.41) is 3.42. The van der Waals surface area contributed by atoms with E-state index >= 15 is 0 Å². The van der Waals surface area contributed by atoms with Gasteiger partial charge in [0.25, 0.3) is 0 Å². The van der Waals surface area contributed by atoms with Crippen LogP contribution in [0.5, 0.6) is 5.75 Å². The molecule has 96 valence electrons. The molecule has 0 aliphatic rings. The van der Waals surface area contributed by atoms with Gasteiger partial charge in [0.15, 0.2) is 11.6 Å². The Morgan fingerprint density at radius 3 is 2.53 bits per heavy atom. The molecular weight excluding hydrogens is 217 g/mol. The van der Waals surface area contributed by atoms with E-state index in [2.05, 4.69) is 26.1 Å². The van der Waals surface area contributed by atoms with Gasteiger partial charge >= 0.3 is 0 Å². The fourth-order valence-corrected chi connectivity index (χ4v) is 1.90. The molecule has 0 saturated heterocycles. The molecule has 0 heterocycles. The number of hydrogen-bond acceptors (Lipinski definition) is 2. The summed E-state index contributed by atoms with van der Waals surface area (Å²) < 4.78 is 18.5. The molecule has 0 aliphatic carbocycles. The standard InChI is InChI=1S/C14H22FNO/c1-5-16-13(10(2)3)9-11-6-7-14(17-4)12(15)8-11/h6-8,10,13,16H,5,9H2,1-4H3. The molecule has 0 saturated carbocycles. The quantitative estimate of drug-likeness (QED) is 0.824. The summed E-state index contributed by atoms with van der Waals surface area (Å²) in [6, 6.07) is 5.56. The molecule has 0 amide bonds. The minimum absolute atomic E-state index is 0.288. The van der Waals surface area contributed by atoms with Gasteiger partial charge in [-0.25, -0.2) is 4.39 Å². The van der Waals surface area contributed by atoms with Crippen LogP contribution in [-0.2, 0) is 6.42 Å². The third kappa shape index (κ3) is 4.00. The van der Waals surface area contributed by atoms with Crippen LogP contribution >= 0.6 is 0 Å². The fraction of sp³-hybridized carbons (Fsp3) is 0.571. The second-order valence-corrected chi connectivity index (χ2v) is 4.58. The minimum atomic E-state index is -0.288. The first-order chi connectivity index (χ1) is 8.08. The number of hydrogen-bond donors (Lipinski definition) is 1. The maximum atomic E-state index is 13.5. The summed E-state index contributed by atoms with van der Waals surface area (Å²) in [7, 11) is 1.48. The average Bonchev–Trinajstić information content (AvgIpc) is 2.28. The largest absolute Gasteiger partial charge is 0.494 e. The number of benzene rings is 1. The number of nitrogens with one attached hydrogen (secondary N) is 1. The van der Waals surface area contributed by atoms with Crippen molar-refractivity contribution in [3.63, 3.8) is 0 Å². The smallest absolute Gasteiger partial charge is 0.165 e. The molecule has 1 aromatic carbocycles. The maximum absolute atomic E-state index is 13.5. The van der Waals surface area contributed by atoms with Crippen LogP contribution in [0.15, 0.2) is 18.2 Å². The number of rotatable bonds is 6. The Kier molecular flexibility index (Phi) is 5.42. The van der Waals surface area contributed by atoms with Crippen LogP contribution in [0.3, 0.4) is 0 Å². The Balaban J connectivity index is 2.76. The van der Waals surface area contributed by atoms with Crippen LogP contribution in [0.4, 0.5) is 4.39 Å². The monoisotopic (exact) mass is 239 g/mol. The number of methoxy groups -OCH3 is 1. The topological polar surface area (TPSA) is 21.3 Å². The second-order valence-electron chi connectivity index (χ2n) is 4.58. The molecule has 1 N–H and O–H groups in total. The average molecular weight is 239 g/mol. The predicted octanol–water partition coefficient (Wildman–Crippen LogP) is 3.01. The van der Waals surface area contributed by atoms with Gasteiger partial charge in [0.05, 0.1) is 7.11 Å². The molecule has 1 rings (SSSR count). The molecule has 1 aromatic rings. The summed E-state index contributed by atoms with van der Waals surface area (Å²) in [6.07, 6.45) is 0.840. The number of halogens is 1. The second kappa shape index (κ2) is 6.60. The molecule has 0 aromatic heterocycles. The molecule has 0 spiro atoms. The van der Waals surface area contributed by atoms with E-state index in [9.17, 15) is 4.39 Å². The normalized spacial score (nSPS) is 12.8. The van der Waals surface area contributed by atoms with Gasteiger partial charge in [0.2, 0.25) is 0 Å². The number of ether oxygens (including phenoxy) is 1. The molecule has 0 radical (unpaired) electrons. The van der Waals surface area contributed by atoms with E-state index in [0.717, 1.165) is 18.5 Å².